The number of hydrogen-bond donors (Lipinski definition) is 1. The van der Waals surface area contributed by atoms with Gasteiger partial charge in [0.25, 0.3) is 0 Å². The summed E-state index contributed by atoms with van der Waals surface area (Å²) in [5.41, 5.74) is 0.387. The fourth-order valence-electron chi connectivity index (χ4n) is 2.83. The van der Waals surface area contributed by atoms with E-state index in [2.05, 4.69) is 42.7 Å². The van der Waals surface area contributed by atoms with Crippen LogP contribution >= 0.6 is 11.8 Å². The van der Waals surface area contributed by atoms with E-state index in [4.69, 9.17) is 0 Å². The van der Waals surface area contributed by atoms with E-state index in [-0.39, 0.29) is 0 Å². The molecular weight excluding hydrogens is 204 g/mol. The molecule has 2 heterocycles. The molecule has 2 aliphatic heterocycles. The number of rotatable bonds is 2. The lowest BCUT2D eigenvalue weighted by Crippen LogP contribution is -2.52. The van der Waals surface area contributed by atoms with Crippen molar-refractivity contribution < 1.29 is 0 Å². The highest BCUT2D eigenvalue weighted by Crippen LogP contribution is 2.31. The Bertz CT molecular complexity index is 222. The number of hydrogen-bond acceptors (Lipinski definition) is 3. The largest absolute Gasteiger partial charge is 0.310 e. The average Bonchev–Trinajstić information content (AvgIpc) is 2.49. The van der Waals surface area contributed by atoms with E-state index in [1.54, 1.807) is 0 Å². The van der Waals surface area contributed by atoms with Crippen molar-refractivity contribution in [2.75, 3.05) is 31.9 Å². The maximum absolute atomic E-state index is 3.66. The van der Waals surface area contributed by atoms with Crippen molar-refractivity contribution >= 4 is 11.8 Å². The van der Waals surface area contributed by atoms with E-state index in [0.717, 1.165) is 0 Å². The van der Waals surface area contributed by atoms with Crippen molar-refractivity contribution in [3.63, 3.8) is 0 Å². The molecule has 0 amide bonds. The smallest absolute Gasteiger partial charge is 0.0280 e. The van der Waals surface area contributed by atoms with Crippen LogP contribution in [0.25, 0.3) is 0 Å². The Hall–Kier alpha value is 0.270. The molecule has 0 radical (unpaired) electrons. The van der Waals surface area contributed by atoms with E-state index in [0.29, 0.717) is 10.3 Å². The lowest BCUT2D eigenvalue weighted by molar-refractivity contribution is 0.195. The highest BCUT2D eigenvalue weighted by atomic mass is 32.2. The van der Waals surface area contributed by atoms with Gasteiger partial charge in [0.05, 0.1) is 0 Å². The first-order valence-corrected chi connectivity index (χ1v) is 7.09. The van der Waals surface area contributed by atoms with E-state index in [1.807, 2.05) is 0 Å². The molecule has 1 N–H and O–H groups in total. The molecule has 3 heteroatoms. The molecule has 0 bridgehead atoms. The predicted molar refractivity (Wildman–Crippen MR) is 68.6 cm³/mol. The van der Waals surface area contributed by atoms with Crippen LogP contribution in [-0.2, 0) is 0 Å². The van der Waals surface area contributed by atoms with Gasteiger partial charge >= 0.3 is 0 Å². The molecule has 0 aliphatic carbocycles. The van der Waals surface area contributed by atoms with Gasteiger partial charge in [-0.25, -0.2) is 0 Å². The van der Waals surface area contributed by atoms with Gasteiger partial charge in [0.2, 0.25) is 0 Å². The summed E-state index contributed by atoms with van der Waals surface area (Å²) in [4.78, 5) is 2.65. The van der Waals surface area contributed by atoms with Gasteiger partial charge in [0.15, 0.2) is 0 Å². The normalized spacial score (nSPS) is 37.0. The first kappa shape index (κ1) is 11.7. The molecule has 2 rings (SSSR count). The molecule has 0 saturated carbocycles. The molecule has 2 fully saturated rings. The average molecular weight is 228 g/mol. The predicted octanol–water partition coefficient (Wildman–Crippen LogP) is 1.96. The summed E-state index contributed by atoms with van der Waals surface area (Å²) in [7, 11) is 0. The van der Waals surface area contributed by atoms with Gasteiger partial charge in [-0.3, -0.25) is 4.90 Å². The van der Waals surface area contributed by atoms with Crippen LogP contribution in [0.4, 0.5) is 0 Å². The van der Waals surface area contributed by atoms with Gasteiger partial charge in [-0.05, 0) is 40.2 Å². The Morgan fingerprint density at radius 1 is 1.33 bits per heavy atom. The van der Waals surface area contributed by atoms with Gasteiger partial charge in [-0.1, -0.05) is 0 Å². The van der Waals surface area contributed by atoms with Gasteiger partial charge in [-0.15, -0.1) is 0 Å². The highest BCUT2D eigenvalue weighted by Gasteiger charge is 2.34. The van der Waals surface area contributed by atoms with E-state index in [9.17, 15) is 0 Å². The van der Waals surface area contributed by atoms with Crippen molar-refractivity contribution in [3.05, 3.63) is 0 Å². The molecule has 0 aromatic carbocycles. The van der Waals surface area contributed by atoms with Crippen LogP contribution in [0.15, 0.2) is 0 Å². The maximum Gasteiger partial charge on any atom is 0.0280 e. The van der Waals surface area contributed by atoms with Crippen molar-refractivity contribution in [3.8, 4) is 0 Å². The Morgan fingerprint density at radius 2 is 2.13 bits per heavy atom. The minimum atomic E-state index is 0.387. The third-order valence-corrected chi connectivity index (χ3v) is 4.83. The zero-order chi connectivity index (χ0) is 10.9. The molecule has 2 saturated heterocycles. The number of thioether (sulfide) groups is 1. The second-order valence-electron chi connectivity index (χ2n) is 5.91. The van der Waals surface area contributed by atoms with E-state index >= 15 is 0 Å². The van der Waals surface area contributed by atoms with Crippen LogP contribution < -0.4 is 5.32 Å². The Kier molecular flexibility index (Phi) is 3.34. The third-order valence-electron chi connectivity index (χ3n) is 3.53. The summed E-state index contributed by atoms with van der Waals surface area (Å²) in [6.07, 6.45) is 2.69. The third kappa shape index (κ3) is 3.11. The van der Waals surface area contributed by atoms with Crippen LogP contribution in [0.3, 0.4) is 0 Å². The second kappa shape index (κ2) is 4.27. The second-order valence-corrected chi connectivity index (χ2v) is 7.71. The molecule has 0 aromatic rings. The van der Waals surface area contributed by atoms with Crippen LogP contribution in [0, 0.1) is 0 Å². The van der Waals surface area contributed by atoms with Gasteiger partial charge in [0, 0.05) is 35.7 Å². The summed E-state index contributed by atoms with van der Waals surface area (Å²) < 4.78 is 0.452. The summed E-state index contributed by atoms with van der Waals surface area (Å²) in [6.45, 7) is 12.1. The molecule has 2 nitrogen and oxygen atoms in total. The molecule has 0 aromatic heterocycles. The summed E-state index contributed by atoms with van der Waals surface area (Å²) in [6, 6.07) is 0. The number of nitrogens with one attached hydrogen (secondary N) is 1. The molecule has 88 valence electrons. The fraction of sp³-hybridized carbons (Fsp3) is 1.00. The Labute approximate surface area is 98.2 Å². The van der Waals surface area contributed by atoms with Crippen LogP contribution in [0.5, 0.6) is 0 Å². The van der Waals surface area contributed by atoms with E-state index in [1.165, 1.54) is 44.8 Å². The molecule has 1 unspecified atom stereocenters. The highest BCUT2D eigenvalue weighted by molar-refractivity contribution is 8.00. The lowest BCUT2D eigenvalue weighted by Gasteiger charge is -2.41. The van der Waals surface area contributed by atoms with Crippen LogP contribution in [-0.4, -0.2) is 47.1 Å². The molecular formula is C12H24N2S. The minimum absolute atomic E-state index is 0.387. The monoisotopic (exact) mass is 228 g/mol. The topological polar surface area (TPSA) is 15.3 Å². The quantitative estimate of drug-likeness (QED) is 0.778. The van der Waals surface area contributed by atoms with Gasteiger partial charge in [0.1, 0.15) is 0 Å². The Balaban J connectivity index is 1.88. The number of nitrogens with zero attached hydrogens (tertiary/aromatic N) is 1. The first-order chi connectivity index (χ1) is 6.99. The van der Waals surface area contributed by atoms with Crippen molar-refractivity contribution in [1.82, 2.24) is 10.2 Å². The Morgan fingerprint density at radius 3 is 2.73 bits per heavy atom. The molecule has 15 heavy (non-hydrogen) atoms. The zero-order valence-corrected chi connectivity index (χ0v) is 11.1. The van der Waals surface area contributed by atoms with Gasteiger partial charge in [-0.2, -0.15) is 11.8 Å². The van der Waals surface area contributed by atoms with E-state index < -0.39 is 0 Å². The molecule has 0 spiro atoms. The van der Waals surface area contributed by atoms with Gasteiger partial charge < -0.3 is 5.32 Å². The van der Waals surface area contributed by atoms with Crippen LogP contribution in [0.1, 0.15) is 33.6 Å². The minimum Gasteiger partial charge on any atom is -0.310 e. The molecule has 1 atom stereocenters. The summed E-state index contributed by atoms with van der Waals surface area (Å²) in [5, 5.41) is 3.66. The van der Waals surface area contributed by atoms with Crippen molar-refractivity contribution in [1.29, 1.82) is 0 Å². The van der Waals surface area contributed by atoms with Crippen molar-refractivity contribution in [2.45, 2.75) is 43.9 Å². The summed E-state index contributed by atoms with van der Waals surface area (Å²) in [5.74, 6) is 1.29. The maximum atomic E-state index is 3.66. The standard InChI is InChI=1S/C12H24N2S/c1-11(2)9-14(7-8-15-11)10-12(3)5-4-6-13-12/h13H,4-10H2,1-3H3. The zero-order valence-electron chi connectivity index (χ0n) is 10.3. The molecule has 2 aliphatic rings. The fourth-order valence-corrected chi connectivity index (χ4v) is 4.01. The summed E-state index contributed by atoms with van der Waals surface area (Å²) >= 11 is 2.12. The lowest BCUT2D eigenvalue weighted by atomic mass is 9.99. The van der Waals surface area contributed by atoms with Crippen molar-refractivity contribution in [2.24, 2.45) is 0 Å². The van der Waals surface area contributed by atoms with Crippen LogP contribution in [0.2, 0.25) is 0 Å². The SMILES string of the molecule is CC1(CN2CCSC(C)(C)C2)CCCN1. The first-order valence-electron chi connectivity index (χ1n) is 6.11.